The van der Waals surface area contributed by atoms with Crippen LogP contribution in [0.3, 0.4) is 0 Å². The van der Waals surface area contributed by atoms with E-state index < -0.39 is 6.10 Å². The fraction of sp³-hybridized carbons (Fsp3) is 0.462. The maximum atomic E-state index is 11.7. The number of rotatable bonds is 6. The summed E-state index contributed by atoms with van der Waals surface area (Å²) in [6, 6.07) is 4.84. The summed E-state index contributed by atoms with van der Waals surface area (Å²) in [5.41, 5.74) is 0. The van der Waals surface area contributed by atoms with Crippen molar-refractivity contribution in [3.05, 3.63) is 28.2 Å². The molecule has 2 atom stereocenters. The highest BCUT2D eigenvalue weighted by Crippen LogP contribution is 2.31. The average Bonchev–Trinajstić information content (AvgIpc) is 3.00. The smallest absolute Gasteiger partial charge is 0.238 e. The highest BCUT2D eigenvalue weighted by atomic mass is 35.5. The predicted octanol–water partition coefficient (Wildman–Crippen LogP) is 1.51. The average molecular weight is 351 g/mol. The number of hydrogen-bond acceptors (Lipinski definition) is 5. The molecule has 0 aliphatic carbocycles. The van der Waals surface area contributed by atoms with Gasteiger partial charge in [0.05, 0.1) is 11.1 Å². The lowest BCUT2D eigenvalue weighted by Gasteiger charge is -2.16. The molecule has 0 aromatic heterocycles. The van der Waals surface area contributed by atoms with E-state index in [1.54, 1.807) is 30.0 Å². The van der Waals surface area contributed by atoms with E-state index >= 15 is 0 Å². The molecule has 1 amide bonds. The lowest BCUT2D eigenvalue weighted by molar-refractivity contribution is -0.122. The maximum Gasteiger partial charge on any atom is 0.238 e. The van der Waals surface area contributed by atoms with E-state index in [1.165, 1.54) is 0 Å². The normalized spacial score (nSPS) is 19.3. The van der Waals surface area contributed by atoms with Crippen LogP contribution >= 0.6 is 35.0 Å². The van der Waals surface area contributed by atoms with Gasteiger partial charge in [0.15, 0.2) is 0 Å². The number of benzene rings is 1. The third-order valence-electron chi connectivity index (χ3n) is 2.89. The van der Waals surface area contributed by atoms with Gasteiger partial charge in [-0.25, -0.2) is 0 Å². The van der Waals surface area contributed by atoms with E-state index in [9.17, 15) is 9.90 Å². The molecule has 1 fully saturated rings. The Morgan fingerprint density at radius 2 is 2.38 bits per heavy atom. The minimum atomic E-state index is -0.821. The molecule has 2 rings (SSSR count). The van der Waals surface area contributed by atoms with Crippen molar-refractivity contribution < 1.29 is 14.6 Å². The van der Waals surface area contributed by atoms with Gasteiger partial charge in [-0.1, -0.05) is 29.3 Å². The van der Waals surface area contributed by atoms with Crippen molar-refractivity contribution in [3.63, 3.8) is 0 Å². The monoisotopic (exact) mass is 350 g/mol. The molecular weight excluding hydrogens is 335 g/mol. The van der Waals surface area contributed by atoms with Crippen LogP contribution < -0.4 is 15.4 Å². The number of ether oxygens (including phenoxy) is 1. The first-order chi connectivity index (χ1) is 10.1. The van der Waals surface area contributed by atoms with Gasteiger partial charge in [-0.3, -0.25) is 10.1 Å². The zero-order chi connectivity index (χ0) is 15.2. The van der Waals surface area contributed by atoms with Gasteiger partial charge in [-0.05, 0) is 12.1 Å². The molecule has 1 aliphatic heterocycles. The summed E-state index contributed by atoms with van der Waals surface area (Å²) in [7, 11) is 0. The molecule has 8 heteroatoms. The Labute approximate surface area is 137 Å². The van der Waals surface area contributed by atoms with E-state index in [1.807, 2.05) is 0 Å². The fourth-order valence-corrected chi connectivity index (χ4v) is 3.03. The van der Waals surface area contributed by atoms with Crippen molar-refractivity contribution in [1.29, 1.82) is 0 Å². The molecular formula is C13H16Cl2N2O3S. The number of halogens is 2. The van der Waals surface area contributed by atoms with E-state index in [0.29, 0.717) is 15.8 Å². The van der Waals surface area contributed by atoms with E-state index in [0.717, 1.165) is 11.6 Å². The zero-order valence-electron chi connectivity index (χ0n) is 11.1. The number of aliphatic hydroxyl groups is 1. The third kappa shape index (κ3) is 4.93. The molecule has 1 aromatic rings. The van der Waals surface area contributed by atoms with Crippen LogP contribution in [0.15, 0.2) is 18.2 Å². The van der Waals surface area contributed by atoms with Gasteiger partial charge < -0.3 is 15.2 Å². The van der Waals surface area contributed by atoms with Crippen LogP contribution in [0.25, 0.3) is 0 Å². The number of aliphatic hydroxyl groups excluding tert-OH is 1. The quantitative estimate of drug-likeness (QED) is 0.725. The van der Waals surface area contributed by atoms with Crippen molar-refractivity contribution in [2.24, 2.45) is 0 Å². The molecule has 21 heavy (non-hydrogen) atoms. The van der Waals surface area contributed by atoms with Gasteiger partial charge in [0.1, 0.15) is 23.5 Å². The van der Waals surface area contributed by atoms with Crippen molar-refractivity contribution in [2.75, 3.05) is 24.8 Å². The van der Waals surface area contributed by atoms with Crippen LogP contribution in [0.2, 0.25) is 10.0 Å². The molecule has 1 saturated heterocycles. The third-order valence-corrected chi connectivity index (χ3v) is 4.63. The van der Waals surface area contributed by atoms with Gasteiger partial charge in [0.2, 0.25) is 5.91 Å². The predicted molar refractivity (Wildman–Crippen MR) is 85.2 cm³/mol. The Kier molecular flexibility index (Phi) is 6.44. The Morgan fingerprint density at radius 3 is 3.10 bits per heavy atom. The number of hydrogen-bond donors (Lipinski definition) is 3. The minimum Gasteiger partial charge on any atom is -0.489 e. The van der Waals surface area contributed by atoms with Crippen molar-refractivity contribution in [1.82, 2.24) is 10.6 Å². The van der Waals surface area contributed by atoms with Gasteiger partial charge in [0.25, 0.3) is 0 Å². The van der Waals surface area contributed by atoms with E-state index in [-0.39, 0.29) is 25.1 Å². The summed E-state index contributed by atoms with van der Waals surface area (Å²) in [5.74, 6) is 1.82. The van der Waals surface area contributed by atoms with Crippen molar-refractivity contribution in [3.8, 4) is 5.75 Å². The molecule has 1 heterocycles. The molecule has 1 aromatic carbocycles. The maximum absolute atomic E-state index is 11.7. The van der Waals surface area contributed by atoms with Crippen LogP contribution in [0, 0.1) is 0 Å². The molecule has 1 aliphatic rings. The second kappa shape index (κ2) is 8.10. The second-order valence-electron chi connectivity index (χ2n) is 4.53. The SMILES string of the molecule is O=C(NCC(O)COc1cccc(Cl)c1Cl)[C@H]1CSCN1. The molecule has 1 unspecified atom stereocenters. The van der Waals surface area contributed by atoms with Gasteiger partial charge in [-0.15, -0.1) is 11.8 Å². The van der Waals surface area contributed by atoms with Crippen LogP contribution in [0.4, 0.5) is 0 Å². The number of carbonyl (C=O) groups is 1. The van der Waals surface area contributed by atoms with Crippen LogP contribution in [0.5, 0.6) is 5.75 Å². The highest BCUT2D eigenvalue weighted by Gasteiger charge is 2.22. The molecule has 0 spiro atoms. The van der Waals surface area contributed by atoms with E-state index in [2.05, 4.69) is 10.6 Å². The van der Waals surface area contributed by atoms with Crippen LogP contribution in [-0.4, -0.2) is 47.9 Å². The zero-order valence-corrected chi connectivity index (χ0v) is 13.5. The minimum absolute atomic E-state index is 0.0210. The molecule has 116 valence electrons. The van der Waals surface area contributed by atoms with Crippen LogP contribution in [0.1, 0.15) is 0 Å². The summed E-state index contributed by atoms with van der Waals surface area (Å²) in [5, 5.41) is 16.3. The molecule has 5 nitrogen and oxygen atoms in total. The summed E-state index contributed by atoms with van der Waals surface area (Å²) in [6.45, 7) is 0.146. The Morgan fingerprint density at radius 1 is 1.57 bits per heavy atom. The summed E-state index contributed by atoms with van der Waals surface area (Å²) in [6.07, 6.45) is -0.821. The first kappa shape index (κ1) is 16.7. The van der Waals surface area contributed by atoms with Crippen molar-refractivity contribution in [2.45, 2.75) is 12.1 Å². The summed E-state index contributed by atoms with van der Waals surface area (Å²) >= 11 is 13.5. The lowest BCUT2D eigenvalue weighted by atomic mass is 10.3. The fourth-order valence-electron chi connectivity index (χ4n) is 1.75. The number of nitrogens with one attached hydrogen (secondary N) is 2. The summed E-state index contributed by atoms with van der Waals surface area (Å²) < 4.78 is 5.40. The highest BCUT2D eigenvalue weighted by molar-refractivity contribution is 7.99. The Bertz CT molecular complexity index is 498. The lowest BCUT2D eigenvalue weighted by Crippen LogP contribution is -2.45. The van der Waals surface area contributed by atoms with Gasteiger partial charge >= 0.3 is 0 Å². The number of amides is 1. The first-order valence-corrected chi connectivity index (χ1v) is 8.32. The van der Waals surface area contributed by atoms with Crippen LogP contribution in [-0.2, 0) is 4.79 Å². The Balaban J connectivity index is 1.73. The largest absolute Gasteiger partial charge is 0.489 e. The Hall–Kier alpha value is -0.660. The number of carbonyl (C=O) groups excluding carboxylic acids is 1. The number of thioether (sulfide) groups is 1. The standard InChI is InChI=1S/C13H16Cl2N2O3S/c14-9-2-1-3-11(12(9)15)20-5-8(18)4-16-13(19)10-6-21-7-17-10/h1-3,8,10,17-18H,4-7H2,(H,16,19)/t8?,10-/m1/s1. The first-order valence-electron chi connectivity index (χ1n) is 6.41. The molecule has 3 N–H and O–H groups in total. The second-order valence-corrected chi connectivity index (χ2v) is 6.35. The summed E-state index contributed by atoms with van der Waals surface area (Å²) in [4.78, 5) is 11.7. The molecule has 0 saturated carbocycles. The topological polar surface area (TPSA) is 70.6 Å². The van der Waals surface area contributed by atoms with Gasteiger partial charge in [-0.2, -0.15) is 0 Å². The van der Waals surface area contributed by atoms with Crippen molar-refractivity contribution >= 4 is 40.9 Å². The molecule has 0 bridgehead atoms. The molecule has 0 radical (unpaired) electrons. The van der Waals surface area contributed by atoms with Gasteiger partial charge in [0, 0.05) is 18.2 Å². The van der Waals surface area contributed by atoms with E-state index in [4.69, 9.17) is 27.9 Å².